The normalized spacial score (nSPS) is 15.7. The molecule has 0 bridgehead atoms. The number of carbonyl (C=O) groups is 1. The molecule has 1 aromatic carbocycles. The summed E-state index contributed by atoms with van der Waals surface area (Å²) in [4.78, 5) is 31.5. The Labute approximate surface area is 207 Å². The van der Waals surface area contributed by atoms with Gasteiger partial charge in [-0.25, -0.2) is 9.37 Å². The SMILES string of the molecule is CC(C)(C)[Si](C)(C)OC/C=C/c1cn(Cc2ccc(F)cc2)c(=O)c(N2CCC(C(N)=O)CC2)n1. The quantitative estimate of drug-likeness (QED) is 0.550. The van der Waals surface area contributed by atoms with Crippen LogP contribution in [0.2, 0.25) is 18.1 Å². The number of benzene rings is 1. The van der Waals surface area contributed by atoms with E-state index in [2.05, 4.69) is 38.8 Å². The Kier molecular flexibility index (Phi) is 8.32. The van der Waals surface area contributed by atoms with E-state index in [-0.39, 0.29) is 28.2 Å². The molecule has 7 nitrogen and oxygen atoms in total. The van der Waals surface area contributed by atoms with Gasteiger partial charge in [-0.3, -0.25) is 9.59 Å². The van der Waals surface area contributed by atoms with Crippen molar-refractivity contribution in [2.45, 2.75) is 58.3 Å². The van der Waals surface area contributed by atoms with E-state index < -0.39 is 8.32 Å². The first-order valence-corrected chi connectivity index (χ1v) is 15.0. The molecule has 0 radical (unpaired) electrons. The maximum absolute atomic E-state index is 13.4. The predicted molar refractivity (Wildman–Crippen MR) is 140 cm³/mol. The van der Waals surface area contributed by atoms with Crippen LogP contribution >= 0.6 is 0 Å². The third kappa shape index (κ3) is 6.88. The molecule has 0 atom stereocenters. The predicted octanol–water partition coefficient (Wildman–Crippen LogP) is 4.17. The summed E-state index contributed by atoms with van der Waals surface area (Å²) >= 11 is 0. The lowest BCUT2D eigenvalue weighted by atomic mass is 9.96. The highest BCUT2D eigenvalue weighted by molar-refractivity contribution is 6.74. The van der Waals surface area contributed by atoms with Crippen LogP contribution in [0.1, 0.15) is 44.9 Å². The number of piperidine rings is 1. The van der Waals surface area contributed by atoms with Gasteiger partial charge in [-0.15, -0.1) is 0 Å². The molecule has 2 heterocycles. The van der Waals surface area contributed by atoms with Crippen LogP contribution in [0.15, 0.2) is 41.3 Å². The van der Waals surface area contributed by atoms with Crippen LogP contribution in [0, 0.1) is 11.7 Å². The number of hydrogen-bond donors (Lipinski definition) is 1. The molecule has 0 aliphatic carbocycles. The van der Waals surface area contributed by atoms with Gasteiger partial charge in [0.1, 0.15) is 5.82 Å². The summed E-state index contributed by atoms with van der Waals surface area (Å²) in [6, 6.07) is 6.11. The second kappa shape index (κ2) is 10.9. The van der Waals surface area contributed by atoms with E-state index in [1.807, 2.05) is 17.1 Å². The van der Waals surface area contributed by atoms with Crippen molar-refractivity contribution in [3.8, 4) is 0 Å². The third-order valence-corrected chi connectivity index (χ3v) is 11.6. The molecule has 190 valence electrons. The minimum Gasteiger partial charge on any atom is -0.413 e. The minimum absolute atomic E-state index is 0.117. The summed E-state index contributed by atoms with van der Waals surface area (Å²) in [5.41, 5.74) is 6.70. The standard InChI is InChI=1S/C26H37FN4O3Si/c1-26(2,3)35(4,5)34-16-6-7-22-18-31(17-19-8-10-21(27)11-9-19)25(33)24(29-22)30-14-12-20(13-15-30)23(28)32/h6-11,18,20H,12-17H2,1-5H3,(H2,28,32)/b7-6+. The van der Waals surface area contributed by atoms with Crippen LogP contribution in [0.4, 0.5) is 10.2 Å². The molecule has 1 aliphatic rings. The molecular weight excluding hydrogens is 463 g/mol. The highest BCUT2D eigenvalue weighted by atomic mass is 28.4. The van der Waals surface area contributed by atoms with Crippen LogP contribution in [-0.4, -0.2) is 43.5 Å². The average Bonchev–Trinajstić information content (AvgIpc) is 2.79. The van der Waals surface area contributed by atoms with Crippen LogP contribution in [-0.2, 0) is 15.8 Å². The van der Waals surface area contributed by atoms with E-state index in [0.717, 1.165) is 5.56 Å². The molecule has 2 N–H and O–H groups in total. The Hall–Kier alpha value is -2.78. The number of primary amides is 1. The maximum Gasteiger partial charge on any atom is 0.293 e. The van der Waals surface area contributed by atoms with E-state index in [1.54, 1.807) is 22.9 Å². The molecule has 35 heavy (non-hydrogen) atoms. The van der Waals surface area contributed by atoms with E-state index in [0.29, 0.717) is 50.6 Å². The zero-order valence-electron chi connectivity index (χ0n) is 21.4. The molecule has 1 fully saturated rings. The first kappa shape index (κ1) is 26.8. The number of hydrogen-bond acceptors (Lipinski definition) is 5. The molecule has 3 rings (SSSR count). The minimum atomic E-state index is -1.88. The first-order chi connectivity index (χ1) is 16.4. The monoisotopic (exact) mass is 500 g/mol. The van der Waals surface area contributed by atoms with Crippen LogP contribution < -0.4 is 16.2 Å². The Balaban J connectivity index is 1.86. The Morgan fingerprint density at radius 3 is 2.43 bits per heavy atom. The summed E-state index contributed by atoms with van der Waals surface area (Å²) in [5, 5.41) is 0.117. The van der Waals surface area contributed by atoms with E-state index >= 15 is 0 Å². The van der Waals surface area contributed by atoms with Crippen molar-refractivity contribution < 1.29 is 13.6 Å². The number of rotatable bonds is 8. The Morgan fingerprint density at radius 2 is 1.86 bits per heavy atom. The van der Waals surface area contributed by atoms with Crippen LogP contribution in [0.3, 0.4) is 0 Å². The number of amides is 1. The molecule has 1 aromatic heterocycles. The molecule has 2 aromatic rings. The zero-order valence-corrected chi connectivity index (χ0v) is 22.4. The van der Waals surface area contributed by atoms with Gasteiger partial charge in [0.15, 0.2) is 14.1 Å². The van der Waals surface area contributed by atoms with Gasteiger partial charge < -0.3 is 19.6 Å². The number of anilines is 1. The summed E-state index contributed by atoms with van der Waals surface area (Å²) in [7, 11) is -1.88. The van der Waals surface area contributed by atoms with Gasteiger partial charge in [-0.05, 0) is 54.7 Å². The number of nitrogens with two attached hydrogens (primary N) is 1. The highest BCUT2D eigenvalue weighted by Gasteiger charge is 2.36. The van der Waals surface area contributed by atoms with Gasteiger partial charge in [-0.1, -0.05) is 39.0 Å². The fraction of sp³-hybridized carbons (Fsp3) is 0.500. The smallest absolute Gasteiger partial charge is 0.293 e. The van der Waals surface area contributed by atoms with Crippen molar-refractivity contribution in [1.82, 2.24) is 9.55 Å². The molecule has 0 spiro atoms. The highest BCUT2D eigenvalue weighted by Crippen LogP contribution is 2.36. The van der Waals surface area contributed by atoms with Crippen molar-refractivity contribution in [3.63, 3.8) is 0 Å². The van der Waals surface area contributed by atoms with Crippen LogP contribution in [0.25, 0.3) is 6.08 Å². The fourth-order valence-electron chi connectivity index (χ4n) is 3.75. The van der Waals surface area contributed by atoms with Crippen molar-refractivity contribution in [2.75, 3.05) is 24.6 Å². The zero-order chi connectivity index (χ0) is 25.8. The van der Waals surface area contributed by atoms with Gasteiger partial charge in [0, 0.05) is 25.2 Å². The van der Waals surface area contributed by atoms with Crippen molar-refractivity contribution in [1.29, 1.82) is 0 Å². The molecule has 1 aliphatic heterocycles. The first-order valence-electron chi connectivity index (χ1n) is 12.1. The lowest BCUT2D eigenvalue weighted by Gasteiger charge is -2.35. The molecule has 1 saturated heterocycles. The molecular formula is C26H37FN4O3Si. The van der Waals surface area contributed by atoms with E-state index in [1.165, 1.54) is 12.1 Å². The molecule has 9 heteroatoms. The third-order valence-electron chi connectivity index (χ3n) is 7.07. The van der Waals surface area contributed by atoms with Crippen molar-refractivity contribution >= 4 is 26.1 Å². The summed E-state index contributed by atoms with van der Waals surface area (Å²) < 4.78 is 21.2. The number of carbonyl (C=O) groups excluding carboxylic acids is 1. The maximum atomic E-state index is 13.4. The Morgan fingerprint density at radius 1 is 1.23 bits per heavy atom. The molecule has 1 amide bonds. The number of nitrogens with zero attached hydrogens (tertiary/aromatic N) is 3. The second-order valence-electron chi connectivity index (χ2n) is 10.7. The average molecular weight is 501 g/mol. The summed E-state index contributed by atoms with van der Waals surface area (Å²) in [6.07, 6.45) is 6.70. The van der Waals surface area contributed by atoms with E-state index in [4.69, 9.17) is 10.2 Å². The Bertz CT molecular complexity index is 1110. The topological polar surface area (TPSA) is 90.5 Å². The number of aromatic nitrogens is 2. The van der Waals surface area contributed by atoms with Crippen LogP contribution in [0.5, 0.6) is 0 Å². The summed E-state index contributed by atoms with van der Waals surface area (Å²) in [5.74, 6) is -0.449. The molecule has 0 unspecified atom stereocenters. The lowest BCUT2D eigenvalue weighted by molar-refractivity contribution is -0.122. The van der Waals surface area contributed by atoms with Crippen molar-refractivity contribution in [2.24, 2.45) is 11.7 Å². The van der Waals surface area contributed by atoms with Gasteiger partial charge in [0.05, 0.1) is 18.8 Å². The van der Waals surface area contributed by atoms with Gasteiger partial charge in [0.25, 0.3) is 5.56 Å². The largest absolute Gasteiger partial charge is 0.413 e. The second-order valence-corrected chi connectivity index (χ2v) is 15.5. The number of halogens is 1. The van der Waals surface area contributed by atoms with Gasteiger partial charge >= 0.3 is 0 Å². The molecule has 0 saturated carbocycles. The van der Waals surface area contributed by atoms with Gasteiger partial charge in [-0.2, -0.15) is 0 Å². The van der Waals surface area contributed by atoms with Gasteiger partial charge in [0.2, 0.25) is 5.91 Å². The fourth-order valence-corrected chi connectivity index (χ4v) is 4.70. The lowest BCUT2D eigenvalue weighted by Crippen LogP contribution is -2.42. The summed E-state index contributed by atoms with van der Waals surface area (Å²) in [6.45, 7) is 12.8. The van der Waals surface area contributed by atoms with Crippen molar-refractivity contribution in [3.05, 3.63) is 64.0 Å². The van der Waals surface area contributed by atoms with E-state index in [9.17, 15) is 14.0 Å².